The Morgan fingerprint density at radius 1 is 0.300 bits per heavy atom. The summed E-state index contributed by atoms with van der Waals surface area (Å²) in [5, 5.41) is 0. The zero-order valence-corrected chi connectivity index (χ0v) is 30.4. The zero-order valence-electron chi connectivity index (χ0n) is 30.4. The highest BCUT2D eigenvalue weighted by atomic mass is 14.4. The fourth-order valence-corrected chi connectivity index (χ4v) is 9.84. The molecule has 6 aromatic rings. The first-order chi connectivity index (χ1) is 24.0. The first kappa shape index (κ1) is 29.7. The Labute approximate surface area is 296 Å². The topological polar surface area (TPSA) is 0 Å². The Morgan fingerprint density at radius 3 is 1.00 bits per heavy atom. The summed E-state index contributed by atoms with van der Waals surface area (Å²) in [5.41, 5.74) is 30.1. The van der Waals surface area contributed by atoms with E-state index in [1.807, 2.05) is 0 Å². The molecule has 242 valence electrons. The SMILES string of the molecule is Cc1cc2c(cc1C)C(c1ccc3c(c1)C(C)(C)c1ccccc1-3)=C1C2=C(c2ccc3c(c2)C(C)(C)c2ccccc2-3)c2cc(C)c(C)cc21. The van der Waals surface area contributed by atoms with Crippen molar-refractivity contribution in [2.24, 2.45) is 0 Å². The van der Waals surface area contributed by atoms with E-state index in [4.69, 9.17) is 0 Å². The van der Waals surface area contributed by atoms with Gasteiger partial charge in [-0.3, -0.25) is 0 Å². The van der Waals surface area contributed by atoms with Crippen LogP contribution in [0.1, 0.15) is 106 Å². The van der Waals surface area contributed by atoms with Gasteiger partial charge in [0.2, 0.25) is 0 Å². The molecule has 0 bridgehead atoms. The summed E-state index contributed by atoms with van der Waals surface area (Å²) in [6, 6.07) is 42.5. The molecule has 0 saturated heterocycles. The van der Waals surface area contributed by atoms with Crippen molar-refractivity contribution in [1.29, 1.82) is 0 Å². The average molecular weight is 643 g/mol. The van der Waals surface area contributed by atoms with Crippen LogP contribution in [0.25, 0.3) is 44.5 Å². The third kappa shape index (κ3) is 3.67. The predicted molar refractivity (Wildman–Crippen MR) is 212 cm³/mol. The van der Waals surface area contributed by atoms with Crippen LogP contribution in [-0.2, 0) is 10.8 Å². The van der Waals surface area contributed by atoms with E-state index in [1.165, 1.54) is 122 Å². The normalized spacial score (nSPS) is 16.6. The van der Waals surface area contributed by atoms with Gasteiger partial charge in [0.15, 0.2) is 0 Å². The number of fused-ring (bicyclic) bond motifs is 11. The minimum Gasteiger partial charge on any atom is -0.0619 e. The first-order valence-corrected chi connectivity index (χ1v) is 18.2. The van der Waals surface area contributed by atoms with Crippen LogP contribution in [0.3, 0.4) is 0 Å². The maximum absolute atomic E-state index is 2.52. The van der Waals surface area contributed by atoms with Crippen LogP contribution < -0.4 is 0 Å². The second-order valence-corrected chi connectivity index (χ2v) is 16.3. The molecule has 10 rings (SSSR count). The minimum atomic E-state index is -0.0578. The number of hydrogen-bond donors (Lipinski definition) is 0. The van der Waals surface area contributed by atoms with Gasteiger partial charge < -0.3 is 0 Å². The van der Waals surface area contributed by atoms with Crippen molar-refractivity contribution in [3.8, 4) is 22.3 Å². The number of rotatable bonds is 2. The lowest BCUT2D eigenvalue weighted by atomic mass is 9.80. The molecular weight excluding hydrogens is 601 g/mol. The molecule has 0 heterocycles. The van der Waals surface area contributed by atoms with Crippen LogP contribution in [0.2, 0.25) is 0 Å². The first-order valence-electron chi connectivity index (χ1n) is 18.2. The van der Waals surface area contributed by atoms with Gasteiger partial charge in [0, 0.05) is 10.8 Å². The molecule has 0 atom stereocenters. The van der Waals surface area contributed by atoms with E-state index in [0.717, 1.165) is 0 Å². The summed E-state index contributed by atoms with van der Waals surface area (Å²) < 4.78 is 0. The molecule has 0 spiro atoms. The number of allylic oxidation sites excluding steroid dienone is 2. The fourth-order valence-electron chi connectivity index (χ4n) is 9.84. The number of benzene rings is 6. The number of hydrogen-bond acceptors (Lipinski definition) is 0. The van der Waals surface area contributed by atoms with Crippen LogP contribution in [0, 0.1) is 27.7 Å². The Balaban J connectivity index is 1.28. The van der Waals surface area contributed by atoms with E-state index in [2.05, 4.69) is 165 Å². The van der Waals surface area contributed by atoms with Crippen LogP contribution in [0.5, 0.6) is 0 Å². The lowest BCUT2D eigenvalue weighted by molar-refractivity contribution is 0.660. The highest BCUT2D eigenvalue weighted by Crippen LogP contribution is 2.61. The standard InChI is InChI=1S/C50H42/c1-27-21-37-39(23-29(27)3)47-46(32-18-20-36-34-14-10-12-16-42(34)50(7,8)44(36)26-32)38-22-28(2)30(4)24-40(38)48(47)45(37)31-17-19-35-33-13-9-11-15-41(33)49(5,6)43(35)25-31/h9-26H,1-8H3. The van der Waals surface area contributed by atoms with Crippen LogP contribution in [-0.4, -0.2) is 0 Å². The summed E-state index contributed by atoms with van der Waals surface area (Å²) in [7, 11) is 0. The van der Waals surface area contributed by atoms with E-state index < -0.39 is 0 Å². The van der Waals surface area contributed by atoms with Crippen LogP contribution >= 0.6 is 0 Å². The Hall–Kier alpha value is -5.20. The maximum Gasteiger partial charge on any atom is 0.0159 e. The van der Waals surface area contributed by atoms with Crippen molar-refractivity contribution in [3.05, 3.63) is 187 Å². The Kier molecular flexibility index (Phi) is 5.78. The van der Waals surface area contributed by atoms with Gasteiger partial charge >= 0.3 is 0 Å². The predicted octanol–water partition coefficient (Wildman–Crippen LogP) is 12.8. The molecule has 0 fully saturated rings. The largest absolute Gasteiger partial charge is 0.0619 e. The summed E-state index contributed by atoms with van der Waals surface area (Å²) in [5.74, 6) is 0. The summed E-state index contributed by atoms with van der Waals surface area (Å²) in [4.78, 5) is 0. The molecule has 4 aliphatic rings. The maximum atomic E-state index is 2.52. The van der Waals surface area contributed by atoms with E-state index in [1.54, 1.807) is 0 Å². The van der Waals surface area contributed by atoms with Crippen LogP contribution in [0.15, 0.2) is 109 Å². The molecule has 6 aromatic carbocycles. The third-order valence-electron chi connectivity index (χ3n) is 12.8. The lowest BCUT2D eigenvalue weighted by Crippen LogP contribution is -2.15. The molecule has 0 saturated carbocycles. The molecule has 0 radical (unpaired) electrons. The van der Waals surface area contributed by atoms with Gasteiger partial charge in [0.25, 0.3) is 0 Å². The summed E-state index contributed by atoms with van der Waals surface area (Å²) in [6.07, 6.45) is 0. The van der Waals surface area contributed by atoms with E-state index in [-0.39, 0.29) is 10.8 Å². The molecule has 0 unspecified atom stereocenters. The molecule has 0 nitrogen and oxygen atoms in total. The second kappa shape index (κ2) is 9.73. The quantitative estimate of drug-likeness (QED) is 0.176. The highest BCUT2D eigenvalue weighted by Gasteiger charge is 2.41. The monoisotopic (exact) mass is 642 g/mol. The average Bonchev–Trinajstić information content (AvgIpc) is 3.74. The molecule has 0 aromatic heterocycles. The number of aryl methyl sites for hydroxylation is 4. The van der Waals surface area contributed by atoms with E-state index in [9.17, 15) is 0 Å². The van der Waals surface area contributed by atoms with Gasteiger partial charge in [-0.05, 0) is 162 Å². The second-order valence-electron chi connectivity index (χ2n) is 16.3. The van der Waals surface area contributed by atoms with Gasteiger partial charge in [0.05, 0.1) is 0 Å². The lowest BCUT2D eigenvalue weighted by Gasteiger charge is -2.23. The van der Waals surface area contributed by atoms with Crippen molar-refractivity contribution in [2.45, 2.75) is 66.2 Å². The van der Waals surface area contributed by atoms with Crippen LogP contribution in [0.4, 0.5) is 0 Å². The van der Waals surface area contributed by atoms with Gasteiger partial charge in [-0.25, -0.2) is 0 Å². The van der Waals surface area contributed by atoms with Crippen molar-refractivity contribution in [2.75, 3.05) is 0 Å². The molecule has 50 heavy (non-hydrogen) atoms. The van der Waals surface area contributed by atoms with Crippen molar-refractivity contribution < 1.29 is 0 Å². The smallest absolute Gasteiger partial charge is 0.0159 e. The van der Waals surface area contributed by atoms with Gasteiger partial charge in [-0.15, -0.1) is 0 Å². The fraction of sp³-hybridized carbons (Fsp3) is 0.200. The minimum absolute atomic E-state index is 0.0578. The van der Waals surface area contributed by atoms with Crippen molar-refractivity contribution in [1.82, 2.24) is 0 Å². The molecule has 0 amide bonds. The molecule has 0 aliphatic heterocycles. The molecule has 0 N–H and O–H groups in total. The van der Waals surface area contributed by atoms with Crippen molar-refractivity contribution >= 4 is 22.3 Å². The molecular formula is C50H42. The van der Waals surface area contributed by atoms with Gasteiger partial charge in [-0.1, -0.05) is 125 Å². The van der Waals surface area contributed by atoms with Gasteiger partial charge in [-0.2, -0.15) is 0 Å². The zero-order chi connectivity index (χ0) is 34.4. The molecule has 0 heteroatoms. The summed E-state index contributed by atoms with van der Waals surface area (Å²) >= 11 is 0. The Morgan fingerprint density at radius 2 is 0.620 bits per heavy atom. The Bertz CT molecular complexity index is 2430. The third-order valence-corrected chi connectivity index (χ3v) is 12.8. The molecule has 4 aliphatic carbocycles. The van der Waals surface area contributed by atoms with E-state index in [0.29, 0.717) is 0 Å². The van der Waals surface area contributed by atoms with Gasteiger partial charge in [0.1, 0.15) is 0 Å². The highest BCUT2D eigenvalue weighted by molar-refractivity contribution is 6.35. The van der Waals surface area contributed by atoms with Crippen molar-refractivity contribution in [3.63, 3.8) is 0 Å². The van der Waals surface area contributed by atoms with E-state index >= 15 is 0 Å². The summed E-state index contributed by atoms with van der Waals surface area (Å²) in [6.45, 7) is 18.7.